The molecule has 5 N–H and O–H groups in total. The first-order valence-electron chi connectivity index (χ1n) is 11.4. The van der Waals surface area contributed by atoms with E-state index < -0.39 is 58.3 Å². The second-order valence-electron chi connectivity index (χ2n) is 9.66. The molecule has 3 aliphatic carbocycles. The summed E-state index contributed by atoms with van der Waals surface area (Å²) in [6, 6.07) is 4.96. The fourth-order valence-electron chi connectivity index (χ4n) is 5.97. The number of aromatic amines is 1. The zero-order valence-electron chi connectivity index (χ0n) is 18.9. The number of amides is 1. The van der Waals surface area contributed by atoms with Crippen molar-refractivity contribution >= 4 is 41.2 Å². The standard InChI is InChI=1S/C26H24N2O7/c1-11-12(6-7-28-11)2-3-13-4-5-17(29)20-16(13)9-14-8-15-10-18(30)21(25(27)34)24(33)26(15,35)23(32)19(14)22(20)31/h2-7,14-15,19,21,28-29,35H,8-10H2,1H3,(H2,27,34)/t14-,15+,19?,21?,26+/m1/s1. The van der Waals surface area contributed by atoms with Crippen LogP contribution in [-0.2, 0) is 25.6 Å². The number of hydrogen-bond acceptors (Lipinski definition) is 7. The summed E-state index contributed by atoms with van der Waals surface area (Å²) < 4.78 is 0. The number of ketones is 4. The number of nitrogens with one attached hydrogen (secondary N) is 1. The minimum atomic E-state index is -2.64. The first kappa shape index (κ1) is 22.9. The zero-order valence-corrected chi connectivity index (χ0v) is 18.9. The van der Waals surface area contributed by atoms with Gasteiger partial charge in [-0.1, -0.05) is 18.2 Å². The fourth-order valence-corrected chi connectivity index (χ4v) is 5.97. The predicted octanol–water partition coefficient (Wildman–Crippen LogP) is 1.13. The first-order valence-corrected chi connectivity index (χ1v) is 11.4. The van der Waals surface area contributed by atoms with Gasteiger partial charge in [0.15, 0.2) is 34.7 Å². The molecule has 0 bridgehead atoms. The lowest BCUT2D eigenvalue weighted by atomic mass is 9.53. The number of aryl methyl sites for hydroxylation is 1. The van der Waals surface area contributed by atoms with E-state index >= 15 is 0 Å². The van der Waals surface area contributed by atoms with E-state index in [1.165, 1.54) is 6.07 Å². The number of hydrogen-bond donors (Lipinski definition) is 4. The lowest BCUT2D eigenvalue weighted by Crippen LogP contribution is -2.68. The summed E-state index contributed by atoms with van der Waals surface area (Å²) in [5.74, 6) is -10.1. The Morgan fingerprint density at radius 2 is 1.80 bits per heavy atom. The number of H-pyrrole nitrogens is 1. The van der Waals surface area contributed by atoms with Crippen molar-refractivity contribution in [2.45, 2.75) is 31.8 Å². The molecule has 2 fully saturated rings. The molecule has 5 rings (SSSR count). The van der Waals surface area contributed by atoms with Crippen LogP contribution in [0.3, 0.4) is 0 Å². The van der Waals surface area contributed by atoms with Gasteiger partial charge in [-0.2, -0.15) is 0 Å². The molecule has 5 atom stereocenters. The molecule has 9 heteroatoms. The van der Waals surface area contributed by atoms with Crippen molar-refractivity contribution in [1.29, 1.82) is 0 Å². The lowest BCUT2D eigenvalue weighted by Gasteiger charge is -2.48. The number of aliphatic hydroxyl groups is 1. The Kier molecular flexibility index (Phi) is 5.14. The number of carbonyl (C=O) groups excluding carboxylic acids is 5. The third-order valence-corrected chi connectivity index (χ3v) is 7.76. The molecule has 1 heterocycles. The quantitative estimate of drug-likeness (QED) is 0.482. The molecule has 3 aliphatic rings. The fraction of sp³-hybridized carbons (Fsp3) is 0.346. The molecule has 2 aromatic rings. The summed E-state index contributed by atoms with van der Waals surface area (Å²) in [5, 5.41) is 21.7. The topological polar surface area (TPSA) is 168 Å². The van der Waals surface area contributed by atoms with Crippen LogP contribution in [0, 0.1) is 30.6 Å². The van der Waals surface area contributed by atoms with Crippen LogP contribution in [0.1, 0.15) is 45.6 Å². The van der Waals surface area contributed by atoms with Gasteiger partial charge in [-0.05, 0) is 54.5 Å². The van der Waals surface area contributed by atoms with E-state index in [9.17, 15) is 34.2 Å². The molecule has 0 radical (unpaired) electrons. The number of rotatable bonds is 3. The molecule has 0 spiro atoms. The molecule has 9 nitrogen and oxygen atoms in total. The monoisotopic (exact) mass is 476 g/mol. The number of fused-ring (bicyclic) bond motifs is 3. The second kappa shape index (κ2) is 7.84. The Hall–Kier alpha value is -3.85. The van der Waals surface area contributed by atoms with Crippen LogP contribution < -0.4 is 5.73 Å². The van der Waals surface area contributed by atoms with Gasteiger partial charge in [-0.15, -0.1) is 0 Å². The molecule has 2 unspecified atom stereocenters. The van der Waals surface area contributed by atoms with Gasteiger partial charge in [0, 0.05) is 24.2 Å². The third kappa shape index (κ3) is 3.22. The maximum absolute atomic E-state index is 13.5. The van der Waals surface area contributed by atoms with Crippen molar-refractivity contribution in [2.24, 2.45) is 29.4 Å². The van der Waals surface area contributed by atoms with Crippen molar-refractivity contribution in [2.75, 3.05) is 0 Å². The Bertz CT molecular complexity index is 1350. The Labute approximate surface area is 200 Å². The highest BCUT2D eigenvalue weighted by Gasteiger charge is 2.66. The van der Waals surface area contributed by atoms with E-state index in [2.05, 4.69) is 4.98 Å². The zero-order chi connectivity index (χ0) is 25.2. The van der Waals surface area contributed by atoms with Crippen LogP contribution >= 0.6 is 0 Å². The minimum absolute atomic E-state index is 0.0135. The first-order chi connectivity index (χ1) is 16.6. The molecule has 1 amide bonds. The van der Waals surface area contributed by atoms with Crippen molar-refractivity contribution in [1.82, 2.24) is 4.98 Å². The minimum Gasteiger partial charge on any atom is -0.507 e. The average molecular weight is 476 g/mol. The van der Waals surface area contributed by atoms with E-state index in [1.807, 2.05) is 25.1 Å². The van der Waals surface area contributed by atoms with Gasteiger partial charge in [0.25, 0.3) is 0 Å². The number of nitrogens with two attached hydrogens (primary N) is 1. The van der Waals surface area contributed by atoms with E-state index in [1.54, 1.807) is 12.3 Å². The van der Waals surface area contributed by atoms with Crippen LogP contribution in [0.25, 0.3) is 12.2 Å². The maximum atomic E-state index is 13.5. The number of phenolic OH excluding ortho intramolecular Hbond substituents is 1. The second-order valence-corrected chi connectivity index (χ2v) is 9.66. The van der Waals surface area contributed by atoms with E-state index in [0.717, 1.165) is 11.3 Å². The molecule has 0 aliphatic heterocycles. The lowest BCUT2D eigenvalue weighted by molar-refractivity contribution is -0.175. The normalized spacial score (nSPS) is 30.2. The number of aromatic hydroxyl groups is 1. The number of Topliss-reactive ketones (excluding diaryl/α,β-unsaturated/α-hetero) is 4. The molecule has 0 saturated heterocycles. The smallest absolute Gasteiger partial charge is 0.235 e. The predicted molar refractivity (Wildman–Crippen MR) is 123 cm³/mol. The number of primary amides is 1. The molecule has 1 aromatic carbocycles. The largest absolute Gasteiger partial charge is 0.507 e. The highest BCUT2D eigenvalue weighted by molar-refractivity contribution is 6.31. The van der Waals surface area contributed by atoms with Gasteiger partial charge in [0.1, 0.15) is 5.75 Å². The molecule has 35 heavy (non-hydrogen) atoms. The molecular formula is C26H24N2O7. The number of carbonyl (C=O) groups is 5. The van der Waals surface area contributed by atoms with Gasteiger partial charge in [-0.25, -0.2) is 0 Å². The molecular weight excluding hydrogens is 452 g/mol. The summed E-state index contributed by atoms with van der Waals surface area (Å²) in [7, 11) is 0. The average Bonchev–Trinajstić information content (AvgIpc) is 3.20. The van der Waals surface area contributed by atoms with Crippen LogP contribution in [0.2, 0.25) is 0 Å². The highest BCUT2D eigenvalue weighted by Crippen LogP contribution is 2.50. The van der Waals surface area contributed by atoms with Gasteiger partial charge in [0.2, 0.25) is 5.91 Å². The van der Waals surface area contributed by atoms with Crippen LogP contribution in [-0.4, -0.2) is 49.8 Å². The Morgan fingerprint density at radius 1 is 1.09 bits per heavy atom. The van der Waals surface area contributed by atoms with Crippen LogP contribution in [0.4, 0.5) is 0 Å². The summed E-state index contributed by atoms with van der Waals surface area (Å²) in [6.07, 6.45) is 5.46. The van der Waals surface area contributed by atoms with E-state index in [0.29, 0.717) is 11.1 Å². The van der Waals surface area contributed by atoms with Crippen molar-refractivity contribution < 1.29 is 34.2 Å². The van der Waals surface area contributed by atoms with E-state index in [4.69, 9.17) is 5.73 Å². The third-order valence-electron chi connectivity index (χ3n) is 7.76. The number of aromatic nitrogens is 1. The van der Waals surface area contributed by atoms with Gasteiger partial charge < -0.3 is 20.9 Å². The summed E-state index contributed by atoms with van der Waals surface area (Å²) >= 11 is 0. The Balaban J connectivity index is 1.56. The highest BCUT2D eigenvalue weighted by atomic mass is 16.3. The van der Waals surface area contributed by atoms with Gasteiger partial charge in [0.05, 0.1) is 11.5 Å². The summed E-state index contributed by atoms with van der Waals surface area (Å²) in [5.41, 5.74) is 5.72. The molecule has 1 aromatic heterocycles. The number of phenols is 1. The van der Waals surface area contributed by atoms with Gasteiger partial charge >= 0.3 is 0 Å². The van der Waals surface area contributed by atoms with Gasteiger partial charge in [-0.3, -0.25) is 24.0 Å². The van der Waals surface area contributed by atoms with Crippen LogP contribution in [0.5, 0.6) is 5.75 Å². The van der Waals surface area contributed by atoms with Crippen molar-refractivity contribution in [3.63, 3.8) is 0 Å². The Morgan fingerprint density at radius 3 is 2.46 bits per heavy atom. The number of benzene rings is 1. The van der Waals surface area contributed by atoms with E-state index in [-0.39, 0.29) is 30.6 Å². The maximum Gasteiger partial charge on any atom is 0.235 e. The summed E-state index contributed by atoms with van der Waals surface area (Å²) in [4.78, 5) is 67.2. The summed E-state index contributed by atoms with van der Waals surface area (Å²) in [6.45, 7) is 1.92. The molecule has 180 valence electrons. The molecule has 2 saturated carbocycles. The van der Waals surface area contributed by atoms with Crippen molar-refractivity contribution in [3.8, 4) is 5.75 Å². The van der Waals surface area contributed by atoms with Crippen molar-refractivity contribution in [3.05, 3.63) is 52.3 Å². The SMILES string of the molecule is Cc1[nH]ccc1C=Cc1ccc(O)c2c1C[C@H]1C[C@H]3CC(=O)C(C(N)=O)C(=O)[C@@]3(O)C(=O)C1C2=O. The van der Waals surface area contributed by atoms with Crippen LogP contribution in [0.15, 0.2) is 24.4 Å².